The van der Waals surface area contributed by atoms with Crippen molar-refractivity contribution in [3.05, 3.63) is 60.2 Å². The maximum Gasteiger partial charge on any atom is 0.0469 e. The lowest BCUT2D eigenvalue weighted by molar-refractivity contribution is 0.522. The van der Waals surface area contributed by atoms with Crippen LogP contribution in [-0.2, 0) is 6.42 Å². The first kappa shape index (κ1) is 14.7. The van der Waals surface area contributed by atoms with Crippen LogP contribution in [0.1, 0.15) is 44.6 Å². The molecule has 104 valence electrons. The van der Waals surface area contributed by atoms with Crippen LogP contribution in [0.3, 0.4) is 0 Å². The minimum atomic E-state index is -0.0892. The summed E-state index contributed by atoms with van der Waals surface area (Å²) in [6, 6.07) is 10.6. The second kappa shape index (κ2) is 7.15. The Bertz CT molecular complexity index is 524. The quantitative estimate of drug-likeness (QED) is 0.510. The highest BCUT2D eigenvalue weighted by Crippen LogP contribution is 2.25. The SMILES string of the molecule is C=C[C@@](C)(C#CC1=CCCCC1)CCc1ccccc1. The van der Waals surface area contributed by atoms with Crippen molar-refractivity contribution in [1.29, 1.82) is 0 Å². The number of rotatable bonds is 4. The number of benzene rings is 1. The van der Waals surface area contributed by atoms with Crippen LogP contribution in [0.2, 0.25) is 0 Å². The van der Waals surface area contributed by atoms with Crippen molar-refractivity contribution in [1.82, 2.24) is 0 Å². The second-order valence-corrected chi connectivity index (χ2v) is 5.83. The van der Waals surface area contributed by atoms with Crippen LogP contribution in [0.25, 0.3) is 0 Å². The molecule has 0 aromatic heterocycles. The Morgan fingerprint density at radius 3 is 2.70 bits per heavy atom. The van der Waals surface area contributed by atoms with E-state index in [1.807, 2.05) is 6.08 Å². The molecule has 0 amide bonds. The average Bonchev–Trinajstić information content (AvgIpc) is 2.53. The van der Waals surface area contributed by atoms with Gasteiger partial charge in [-0.05, 0) is 56.6 Å². The minimum absolute atomic E-state index is 0.0892. The molecule has 0 nitrogen and oxygen atoms in total. The van der Waals surface area contributed by atoms with Crippen LogP contribution in [0.15, 0.2) is 54.6 Å². The summed E-state index contributed by atoms with van der Waals surface area (Å²) in [5, 5.41) is 0. The Labute approximate surface area is 123 Å². The number of hydrogen-bond acceptors (Lipinski definition) is 0. The van der Waals surface area contributed by atoms with Crippen molar-refractivity contribution in [2.24, 2.45) is 5.41 Å². The predicted molar refractivity (Wildman–Crippen MR) is 87.4 cm³/mol. The molecule has 0 bridgehead atoms. The zero-order valence-corrected chi connectivity index (χ0v) is 12.5. The highest BCUT2D eigenvalue weighted by molar-refractivity contribution is 5.33. The van der Waals surface area contributed by atoms with Crippen molar-refractivity contribution in [2.75, 3.05) is 0 Å². The maximum atomic E-state index is 3.99. The molecule has 0 fully saturated rings. The largest absolute Gasteiger partial charge is 0.102 e. The van der Waals surface area contributed by atoms with Crippen molar-refractivity contribution in [3.8, 4) is 11.8 Å². The van der Waals surface area contributed by atoms with E-state index >= 15 is 0 Å². The highest BCUT2D eigenvalue weighted by Gasteiger charge is 2.17. The van der Waals surface area contributed by atoms with E-state index < -0.39 is 0 Å². The van der Waals surface area contributed by atoms with Gasteiger partial charge in [-0.15, -0.1) is 6.58 Å². The predicted octanol–water partition coefficient (Wildman–Crippen LogP) is 5.32. The first-order chi connectivity index (χ1) is 9.72. The average molecular weight is 264 g/mol. The summed E-state index contributed by atoms with van der Waals surface area (Å²) in [6.45, 7) is 6.18. The van der Waals surface area contributed by atoms with Gasteiger partial charge in [0.15, 0.2) is 0 Å². The van der Waals surface area contributed by atoms with Gasteiger partial charge in [0.2, 0.25) is 0 Å². The fourth-order valence-electron chi connectivity index (χ4n) is 2.44. The fraction of sp³-hybridized carbons (Fsp3) is 0.400. The molecule has 1 aromatic carbocycles. The van der Waals surface area contributed by atoms with E-state index in [2.05, 4.69) is 61.8 Å². The molecule has 0 aliphatic heterocycles. The summed E-state index contributed by atoms with van der Waals surface area (Å²) < 4.78 is 0. The molecule has 0 N–H and O–H groups in total. The second-order valence-electron chi connectivity index (χ2n) is 5.83. The molecular formula is C20H24. The molecule has 1 aliphatic carbocycles. The van der Waals surface area contributed by atoms with Crippen LogP contribution in [0.4, 0.5) is 0 Å². The van der Waals surface area contributed by atoms with Gasteiger partial charge in [0.25, 0.3) is 0 Å². The van der Waals surface area contributed by atoms with Gasteiger partial charge in [0.1, 0.15) is 0 Å². The van der Waals surface area contributed by atoms with E-state index in [1.165, 1.54) is 30.4 Å². The third-order valence-electron chi connectivity index (χ3n) is 4.03. The van der Waals surface area contributed by atoms with Gasteiger partial charge in [-0.25, -0.2) is 0 Å². The first-order valence-electron chi connectivity index (χ1n) is 7.62. The first-order valence-corrected chi connectivity index (χ1v) is 7.62. The normalized spacial score (nSPS) is 17.4. The molecule has 1 aliphatic rings. The van der Waals surface area contributed by atoms with E-state index in [9.17, 15) is 0 Å². The molecule has 0 saturated carbocycles. The molecule has 1 atom stereocenters. The standard InChI is InChI=1S/C20H24/c1-3-20(2,16-14-18-10-6-4-7-11-18)17-15-19-12-8-5-9-13-19/h3-4,6-7,10-12H,1,5,8-9,13-14,16H2,2H3/t20-/m1/s1. The van der Waals surface area contributed by atoms with E-state index in [-0.39, 0.29) is 5.41 Å². The summed E-state index contributed by atoms with van der Waals surface area (Å²) in [5.41, 5.74) is 2.61. The zero-order chi connectivity index (χ0) is 14.3. The Hall–Kier alpha value is -1.74. The number of allylic oxidation sites excluding steroid dienone is 3. The third kappa shape index (κ3) is 4.42. The molecule has 20 heavy (non-hydrogen) atoms. The summed E-state index contributed by atoms with van der Waals surface area (Å²) in [7, 11) is 0. The summed E-state index contributed by atoms with van der Waals surface area (Å²) >= 11 is 0. The molecule has 0 spiro atoms. The van der Waals surface area contributed by atoms with E-state index in [0.29, 0.717) is 0 Å². The Morgan fingerprint density at radius 2 is 2.05 bits per heavy atom. The molecule has 2 rings (SSSR count). The van der Waals surface area contributed by atoms with Crippen molar-refractivity contribution in [2.45, 2.75) is 45.4 Å². The van der Waals surface area contributed by atoms with E-state index in [1.54, 1.807) is 0 Å². The molecule has 0 saturated heterocycles. The third-order valence-corrected chi connectivity index (χ3v) is 4.03. The zero-order valence-electron chi connectivity index (χ0n) is 12.5. The van der Waals surface area contributed by atoms with Crippen LogP contribution in [0.5, 0.6) is 0 Å². The topological polar surface area (TPSA) is 0 Å². The lowest BCUT2D eigenvalue weighted by atomic mass is 9.84. The molecule has 0 heteroatoms. The lowest BCUT2D eigenvalue weighted by Gasteiger charge is -2.19. The molecule has 0 unspecified atom stereocenters. The highest BCUT2D eigenvalue weighted by atomic mass is 14.2. The van der Waals surface area contributed by atoms with Gasteiger partial charge < -0.3 is 0 Å². The van der Waals surface area contributed by atoms with Crippen LogP contribution >= 0.6 is 0 Å². The summed E-state index contributed by atoms with van der Waals surface area (Å²) in [6.07, 6.45) is 11.3. The Balaban J connectivity index is 2.00. The maximum absolute atomic E-state index is 3.99. The van der Waals surface area contributed by atoms with Crippen molar-refractivity contribution in [3.63, 3.8) is 0 Å². The van der Waals surface area contributed by atoms with Crippen LogP contribution < -0.4 is 0 Å². The Kier molecular flexibility index (Phi) is 5.24. The van der Waals surface area contributed by atoms with Gasteiger partial charge in [-0.2, -0.15) is 0 Å². The van der Waals surface area contributed by atoms with Gasteiger partial charge in [-0.3, -0.25) is 0 Å². The lowest BCUT2D eigenvalue weighted by Crippen LogP contribution is -2.11. The summed E-state index contributed by atoms with van der Waals surface area (Å²) in [5.74, 6) is 6.84. The van der Waals surface area contributed by atoms with Gasteiger partial charge in [0.05, 0.1) is 0 Å². The van der Waals surface area contributed by atoms with Crippen LogP contribution in [-0.4, -0.2) is 0 Å². The molecule has 0 radical (unpaired) electrons. The summed E-state index contributed by atoms with van der Waals surface area (Å²) in [4.78, 5) is 0. The smallest absolute Gasteiger partial charge is 0.0469 e. The van der Waals surface area contributed by atoms with Crippen molar-refractivity contribution >= 4 is 0 Å². The van der Waals surface area contributed by atoms with Crippen LogP contribution in [0, 0.1) is 17.3 Å². The van der Waals surface area contributed by atoms with Gasteiger partial charge >= 0.3 is 0 Å². The molecule has 0 heterocycles. The van der Waals surface area contributed by atoms with E-state index in [0.717, 1.165) is 19.3 Å². The van der Waals surface area contributed by atoms with Gasteiger partial charge in [0, 0.05) is 5.41 Å². The molecule has 1 aromatic rings. The van der Waals surface area contributed by atoms with Gasteiger partial charge in [-0.1, -0.05) is 54.3 Å². The van der Waals surface area contributed by atoms with E-state index in [4.69, 9.17) is 0 Å². The molecular weight excluding hydrogens is 240 g/mol. The minimum Gasteiger partial charge on any atom is -0.102 e. The number of aryl methyl sites for hydroxylation is 1. The Morgan fingerprint density at radius 1 is 1.25 bits per heavy atom. The number of hydrogen-bond donors (Lipinski definition) is 0. The van der Waals surface area contributed by atoms with Crippen molar-refractivity contribution < 1.29 is 0 Å². The fourth-order valence-corrected chi connectivity index (χ4v) is 2.44. The monoisotopic (exact) mass is 264 g/mol.